The number of carboxylic acids is 1. The van der Waals surface area contributed by atoms with Crippen LogP contribution in [0.25, 0.3) is 0 Å². The van der Waals surface area contributed by atoms with Gasteiger partial charge in [-0.3, -0.25) is 24.1 Å². The number of hydrogen-bond donors (Lipinski definition) is 2. The van der Waals surface area contributed by atoms with Crippen LogP contribution in [0.5, 0.6) is 11.5 Å². The van der Waals surface area contributed by atoms with Crippen molar-refractivity contribution in [2.24, 2.45) is 29.1 Å². The summed E-state index contributed by atoms with van der Waals surface area (Å²) in [6.07, 6.45) is 2.22. The Morgan fingerprint density at radius 3 is 2.33 bits per heavy atom. The Kier molecular flexibility index (Phi) is 6.93. The minimum atomic E-state index is -1.34. The highest BCUT2D eigenvalue weighted by molar-refractivity contribution is 9.10. The van der Waals surface area contributed by atoms with Crippen molar-refractivity contribution in [3.8, 4) is 11.5 Å². The third-order valence-corrected chi connectivity index (χ3v) is 10.7. The Labute approximate surface area is 272 Å². The largest absolute Gasteiger partial charge is 0.504 e. The fraction of sp³-hybridized carbons (Fsp3) is 0.286. The maximum Gasteiger partial charge on any atom is 0.335 e. The van der Waals surface area contributed by atoms with Crippen LogP contribution in [0.1, 0.15) is 41.6 Å². The van der Waals surface area contributed by atoms with Crippen LogP contribution in [-0.4, -0.2) is 46.9 Å². The SMILES string of the molecule is COc1cc(Br)cc([C@H]2C3=CC[C@@H]4C(=O)N(c5cccc(C(=O)O)c5)C(=O)[C@@H]4[C@@H]3C[C@H]3C(=O)N(c4ccccc4)C(=O)[C@@]23C)c1O. The summed E-state index contributed by atoms with van der Waals surface area (Å²) in [6.45, 7) is 1.74. The van der Waals surface area contributed by atoms with E-state index in [4.69, 9.17) is 4.74 Å². The van der Waals surface area contributed by atoms with Crippen LogP contribution in [0, 0.1) is 29.1 Å². The summed E-state index contributed by atoms with van der Waals surface area (Å²) in [5.74, 6) is -6.84. The topological polar surface area (TPSA) is 142 Å². The molecule has 46 heavy (non-hydrogen) atoms. The highest BCUT2D eigenvalue weighted by Gasteiger charge is 2.68. The molecule has 2 heterocycles. The zero-order valence-corrected chi connectivity index (χ0v) is 26.4. The molecule has 3 aromatic carbocycles. The highest BCUT2D eigenvalue weighted by Crippen LogP contribution is 2.65. The fourth-order valence-corrected chi connectivity index (χ4v) is 8.64. The molecule has 0 spiro atoms. The van der Waals surface area contributed by atoms with Crippen molar-refractivity contribution in [1.82, 2.24) is 0 Å². The number of phenols is 1. The number of halogens is 1. The number of amides is 4. The van der Waals surface area contributed by atoms with E-state index in [-0.39, 0.29) is 35.6 Å². The minimum Gasteiger partial charge on any atom is -0.504 e. The second-order valence-corrected chi connectivity index (χ2v) is 13.3. The lowest BCUT2D eigenvalue weighted by molar-refractivity contribution is -0.131. The summed E-state index contributed by atoms with van der Waals surface area (Å²) in [7, 11) is 1.42. The third kappa shape index (κ3) is 4.10. The molecule has 3 fully saturated rings. The van der Waals surface area contributed by atoms with Crippen LogP contribution in [0.3, 0.4) is 0 Å². The lowest BCUT2D eigenvalue weighted by Gasteiger charge is -2.49. The molecule has 11 heteroatoms. The number of allylic oxidation sites excluding steroid dienone is 2. The molecular formula is C35H29BrN2O8. The number of methoxy groups -OCH3 is 1. The smallest absolute Gasteiger partial charge is 0.335 e. The molecule has 234 valence electrons. The number of aromatic carboxylic acids is 1. The van der Waals surface area contributed by atoms with Crippen LogP contribution >= 0.6 is 15.9 Å². The van der Waals surface area contributed by atoms with Crippen molar-refractivity contribution in [3.63, 3.8) is 0 Å². The number of rotatable bonds is 5. The van der Waals surface area contributed by atoms with Crippen molar-refractivity contribution in [1.29, 1.82) is 0 Å². The van der Waals surface area contributed by atoms with Gasteiger partial charge in [-0.2, -0.15) is 0 Å². The molecule has 0 bridgehead atoms. The monoisotopic (exact) mass is 684 g/mol. The van der Waals surface area contributed by atoms with Gasteiger partial charge in [0.1, 0.15) is 0 Å². The first-order valence-electron chi connectivity index (χ1n) is 14.9. The Balaban J connectivity index is 1.39. The summed E-state index contributed by atoms with van der Waals surface area (Å²) in [5.41, 5.74) is 0.261. The predicted molar refractivity (Wildman–Crippen MR) is 169 cm³/mol. The lowest BCUT2D eigenvalue weighted by atomic mass is 9.51. The Morgan fingerprint density at radius 2 is 1.63 bits per heavy atom. The van der Waals surface area contributed by atoms with Gasteiger partial charge in [-0.05, 0) is 68.1 Å². The van der Waals surface area contributed by atoms with Crippen molar-refractivity contribution in [3.05, 3.63) is 94.0 Å². The van der Waals surface area contributed by atoms with Gasteiger partial charge in [-0.15, -0.1) is 0 Å². The van der Waals surface area contributed by atoms with E-state index in [1.807, 2.05) is 6.08 Å². The number of benzene rings is 3. The van der Waals surface area contributed by atoms with Gasteiger partial charge < -0.3 is 14.9 Å². The molecule has 2 aliphatic heterocycles. The van der Waals surface area contributed by atoms with E-state index in [1.165, 1.54) is 36.3 Å². The van der Waals surface area contributed by atoms with Gasteiger partial charge in [-0.1, -0.05) is 51.8 Å². The van der Waals surface area contributed by atoms with Crippen molar-refractivity contribution < 1.29 is 38.9 Å². The average molecular weight is 686 g/mol. The number of hydrogen-bond acceptors (Lipinski definition) is 7. The molecule has 2 saturated heterocycles. The van der Waals surface area contributed by atoms with E-state index in [0.29, 0.717) is 21.3 Å². The molecule has 0 unspecified atom stereocenters. The molecular weight excluding hydrogens is 656 g/mol. The molecule has 3 aromatic rings. The summed E-state index contributed by atoms with van der Waals surface area (Å²) in [5, 5.41) is 21.0. The summed E-state index contributed by atoms with van der Waals surface area (Å²) >= 11 is 3.50. The number of nitrogens with zero attached hydrogens (tertiary/aromatic N) is 2. The molecule has 4 amide bonds. The predicted octanol–water partition coefficient (Wildman–Crippen LogP) is 5.30. The maximum absolute atomic E-state index is 14.5. The maximum atomic E-state index is 14.5. The fourth-order valence-electron chi connectivity index (χ4n) is 8.19. The normalized spacial score (nSPS) is 28.5. The summed E-state index contributed by atoms with van der Waals surface area (Å²) < 4.78 is 6.04. The van der Waals surface area contributed by atoms with Gasteiger partial charge in [0.15, 0.2) is 11.5 Å². The lowest BCUT2D eigenvalue weighted by Crippen LogP contribution is -2.49. The summed E-state index contributed by atoms with van der Waals surface area (Å²) in [6, 6.07) is 17.7. The zero-order chi connectivity index (χ0) is 32.7. The van der Waals surface area contributed by atoms with Crippen molar-refractivity contribution in [2.75, 3.05) is 16.9 Å². The van der Waals surface area contributed by atoms with Gasteiger partial charge in [0.25, 0.3) is 0 Å². The standard InChI is InChI=1S/C35H29BrN2O8/c1-35-25(31(41)38(34(35)45)19-8-4-3-5-9-19)16-23-21(28(35)24-14-18(36)15-26(46-2)29(24)39)11-12-22-27(23)32(42)37(30(22)40)20-10-6-7-17(13-20)33(43)44/h3-11,13-15,22-23,25,27-28,39H,12,16H2,1-2H3,(H,43,44)/t22-,23+,25-,27-,28+,35+/m0/s1. The number of ether oxygens (including phenoxy) is 1. The first-order chi connectivity index (χ1) is 22.0. The molecule has 7 rings (SSSR count). The van der Waals surface area contributed by atoms with E-state index in [0.717, 1.165) is 4.90 Å². The van der Waals surface area contributed by atoms with Crippen LogP contribution < -0.4 is 14.5 Å². The summed E-state index contributed by atoms with van der Waals surface area (Å²) in [4.78, 5) is 70.8. The molecule has 0 radical (unpaired) electrons. The van der Waals surface area contributed by atoms with Gasteiger partial charge in [0.2, 0.25) is 23.6 Å². The number of carbonyl (C=O) groups is 5. The number of anilines is 2. The van der Waals surface area contributed by atoms with Gasteiger partial charge in [0.05, 0.1) is 47.2 Å². The Hall–Kier alpha value is -4.77. The van der Waals surface area contributed by atoms with Crippen molar-refractivity contribution in [2.45, 2.75) is 25.7 Å². The molecule has 6 atom stereocenters. The van der Waals surface area contributed by atoms with E-state index < -0.39 is 64.6 Å². The molecule has 2 N–H and O–H groups in total. The van der Waals surface area contributed by atoms with Crippen LogP contribution in [-0.2, 0) is 19.2 Å². The minimum absolute atomic E-state index is 0.0598. The highest BCUT2D eigenvalue weighted by atomic mass is 79.9. The molecule has 0 aromatic heterocycles. The Bertz CT molecular complexity index is 1890. The molecule has 10 nitrogen and oxygen atoms in total. The van der Waals surface area contributed by atoms with E-state index in [9.17, 15) is 34.2 Å². The molecule has 2 aliphatic carbocycles. The molecule has 4 aliphatic rings. The first kappa shape index (κ1) is 29.9. The van der Waals surface area contributed by atoms with Gasteiger partial charge >= 0.3 is 5.97 Å². The molecule has 1 saturated carbocycles. The third-order valence-electron chi connectivity index (χ3n) is 10.2. The zero-order valence-electron chi connectivity index (χ0n) is 24.8. The number of carboxylic acid groups (broad SMARTS) is 1. The second-order valence-electron chi connectivity index (χ2n) is 12.4. The van der Waals surface area contributed by atoms with E-state index >= 15 is 0 Å². The number of phenolic OH excluding ortho intramolecular Hbond substituents is 1. The van der Waals surface area contributed by atoms with E-state index in [2.05, 4.69) is 15.9 Å². The van der Waals surface area contributed by atoms with Gasteiger partial charge in [-0.25, -0.2) is 9.69 Å². The van der Waals surface area contributed by atoms with Crippen molar-refractivity contribution >= 4 is 56.9 Å². The second kappa shape index (κ2) is 10.7. The van der Waals surface area contributed by atoms with Crippen LogP contribution in [0.4, 0.5) is 11.4 Å². The number of fused-ring (bicyclic) bond motifs is 4. The average Bonchev–Trinajstić information content (AvgIpc) is 3.42. The number of aromatic hydroxyl groups is 1. The Morgan fingerprint density at radius 1 is 0.913 bits per heavy atom. The van der Waals surface area contributed by atoms with Crippen LogP contribution in [0.2, 0.25) is 0 Å². The van der Waals surface area contributed by atoms with Gasteiger partial charge in [0, 0.05) is 16.0 Å². The van der Waals surface area contributed by atoms with Crippen LogP contribution in [0.15, 0.2) is 82.9 Å². The quantitative estimate of drug-likeness (QED) is 0.273. The van der Waals surface area contributed by atoms with E-state index in [1.54, 1.807) is 49.4 Å². The first-order valence-corrected chi connectivity index (χ1v) is 15.7. The number of para-hydroxylation sites is 1. The number of carbonyl (C=O) groups excluding carboxylic acids is 4. The number of imide groups is 2.